The maximum Gasteiger partial charge on any atom is 0.257 e. The number of benzene rings is 3. The fraction of sp³-hybridized carbons (Fsp3) is 0.0476. The molecule has 0 fully saturated rings. The van der Waals surface area contributed by atoms with E-state index in [9.17, 15) is 4.79 Å². The molecule has 0 saturated carbocycles. The Balaban J connectivity index is 1.56. The average Bonchev–Trinajstić information content (AvgIpc) is 3.05. The van der Waals surface area contributed by atoms with Gasteiger partial charge in [-0.25, -0.2) is 4.98 Å². The Morgan fingerprint density at radius 1 is 1.04 bits per heavy atom. The topological polar surface area (TPSA) is 42.0 Å². The summed E-state index contributed by atoms with van der Waals surface area (Å²) < 4.78 is 1.17. The van der Waals surface area contributed by atoms with E-state index in [1.165, 1.54) is 10.3 Å². The number of aryl methyl sites for hydroxylation is 1. The molecule has 3 nitrogen and oxygen atoms in total. The van der Waals surface area contributed by atoms with Gasteiger partial charge in [-0.05, 0) is 61.0 Å². The highest BCUT2D eigenvalue weighted by atomic mass is 35.5. The van der Waals surface area contributed by atoms with Gasteiger partial charge in [-0.15, -0.1) is 11.3 Å². The van der Waals surface area contributed by atoms with E-state index in [1.807, 2.05) is 24.3 Å². The number of thiazole rings is 1. The molecule has 5 heteroatoms. The van der Waals surface area contributed by atoms with Gasteiger partial charge in [0.15, 0.2) is 0 Å². The Labute approximate surface area is 160 Å². The van der Waals surface area contributed by atoms with Crippen molar-refractivity contribution in [2.24, 2.45) is 0 Å². The SMILES string of the molecule is Cc1ccc2sc(-c3ccc(NC(=O)c4ccccc4Cl)cc3)nc2c1. The minimum Gasteiger partial charge on any atom is -0.322 e. The van der Waals surface area contributed by atoms with Crippen LogP contribution in [0.1, 0.15) is 15.9 Å². The summed E-state index contributed by atoms with van der Waals surface area (Å²) in [6.45, 7) is 2.06. The van der Waals surface area contributed by atoms with Gasteiger partial charge >= 0.3 is 0 Å². The van der Waals surface area contributed by atoms with Gasteiger partial charge in [0.05, 0.1) is 20.8 Å². The fourth-order valence-corrected chi connectivity index (χ4v) is 3.87. The highest BCUT2D eigenvalue weighted by Gasteiger charge is 2.11. The molecule has 0 aliphatic rings. The van der Waals surface area contributed by atoms with Crippen molar-refractivity contribution < 1.29 is 4.79 Å². The molecule has 0 saturated heterocycles. The van der Waals surface area contributed by atoms with E-state index in [-0.39, 0.29) is 5.91 Å². The van der Waals surface area contributed by atoms with Crippen LogP contribution in [0.15, 0.2) is 66.7 Å². The molecule has 0 radical (unpaired) electrons. The second-order valence-corrected chi connectivity index (χ2v) is 7.44. The molecule has 1 aromatic heterocycles. The second-order valence-electron chi connectivity index (χ2n) is 6.00. The molecular formula is C21H15ClN2OS. The third-order valence-corrected chi connectivity index (χ3v) is 5.47. The van der Waals surface area contributed by atoms with Gasteiger partial charge in [-0.1, -0.05) is 29.8 Å². The number of fused-ring (bicyclic) bond motifs is 1. The molecule has 0 aliphatic heterocycles. The fourth-order valence-electron chi connectivity index (χ4n) is 2.70. The normalized spacial score (nSPS) is 10.8. The third kappa shape index (κ3) is 3.34. The van der Waals surface area contributed by atoms with Crippen LogP contribution in [0.25, 0.3) is 20.8 Å². The minimum atomic E-state index is -0.223. The van der Waals surface area contributed by atoms with Crippen molar-refractivity contribution >= 4 is 44.7 Å². The van der Waals surface area contributed by atoms with E-state index >= 15 is 0 Å². The lowest BCUT2D eigenvalue weighted by Crippen LogP contribution is -2.12. The molecule has 26 heavy (non-hydrogen) atoms. The number of nitrogens with zero attached hydrogens (tertiary/aromatic N) is 1. The number of nitrogens with one attached hydrogen (secondary N) is 1. The van der Waals surface area contributed by atoms with Crippen LogP contribution in [-0.4, -0.2) is 10.9 Å². The quantitative estimate of drug-likeness (QED) is 0.462. The first kappa shape index (κ1) is 16.8. The maximum atomic E-state index is 12.3. The van der Waals surface area contributed by atoms with Crippen LogP contribution in [0.2, 0.25) is 5.02 Å². The van der Waals surface area contributed by atoms with Crippen LogP contribution in [0, 0.1) is 6.92 Å². The Kier molecular flexibility index (Phi) is 4.45. The number of hydrogen-bond donors (Lipinski definition) is 1. The molecule has 0 aliphatic carbocycles. The summed E-state index contributed by atoms with van der Waals surface area (Å²) in [5.74, 6) is -0.223. The van der Waals surface area contributed by atoms with Crippen LogP contribution in [0.3, 0.4) is 0 Å². The molecule has 3 aromatic carbocycles. The summed E-state index contributed by atoms with van der Waals surface area (Å²) in [4.78, 5) is 17.0. The zero-order valence-electron chi connectivity index (χ0n) is 14.0. The van der Waals surface area contributed by atoms with Gasteiger partial charge in [0, 0.05) is 11.3 Å². The number of carbonyl (C=O) groups excluding carboxylic acids is 1. The zero-order valence-corrected chi connectivity index (χ0v) is 15.6. The summed E-state index contributed by atoms with van der Waals surface area (Å²) in [6, 6.07) is 21.0. The predicted octanol–water partition coefficient (Wildman–Crippen LogP) is 6.18. The second kappa shape index (κ2) is 6.90. The van der Waals surface area contributed by atoms with Crippen molar-refractivity contribution in [2.75, 3.05) is 5.32 Å². The number of aromatic nitrogens is 1. The van der Waals surface area contributed by atoms with Gasteiger partial charge in [-0.3, -0.25) is 4.79 Å². The number of hydrogen-bond acceptors (Lipinski definition) is 3. The van der Waals surface area contributed by atoms with Crippen LogP contribution in [-0.2, 0) is 0 Å². The number of anilines is 1. The van der Waals surface area contributed by atoms with Gasteiger partial charge < -0.3 is 5.32 Å². The molecular weight excluding hydrogens is 364 g/mol. The lowest BCUT2D eigenvalue weighted by Gasteiger charge is -2.07. The van der Waals surface area contributed by atoms with Gasteiger partial charge in [-0.2, -0.15) is 0 Å². The summed E-state index contributed by atoms with van der Waals surface area (Å²) in [6.07, 6.45) is 0. The smallest absolute Gasteiger partial charge is 0.257 e. The lowest BCUT2D eigenvalue weighted by atomic mass is 10.2. The summed E-state index contributed by atoms with van der Waals surface area (Å²) in [5.41, 5.74) is 4.42. The molecule has 1 heterocycles. The average molecular weight is 379 g/mol. The molecule has 1 amide bonds. The predicted molar refractivity (Wildman–Crippen MR) is 109 cm³/mol. The Hall–Kier alpha value is -2.69. The van der Waals surface area contributed by atoms with Gasteiger partial charge in [0.25, 0.3) is 5.91 Å². The lowest BCUT2D eigenvalue weighted by molar-refractivity contribution is 0.102. The minimum absolute atomic E-state index is 0.223. The molecule has 4 rings (SSSR count). The first-order chi connectivity index (χ1) is 12.6. The van der Waals surface area contributed by atoms with Crippen LogP contribution in [0.4, 0.5) is 5.69 Å². The van der Waals surface area contributed by atoms with E-state index in [0.29, 0.717) is 10.6 Å². The van der Waals surface area contributed by atoms with E-state index in [2.05, 4.69) is 30.4 Å². The Bertz CT molecular complexity index is 1100. The highest BCUT2D eigenvalue weighted by Crippen LogP contribution is 2.31. The molecule has 0 atom stereocenters. The number of halogens is 1. The van der Waals surface area contributed by atoms with Gasteiger partial charge in [0.1, 0.15) is 5.01 Å². The Morgan fingerprint density at radius 3 is 2.58 bits per heavy atom. The first-order valence-corrected chi connectivity index (χ1v) is 9.33. The van der Waals surface area contributed by atoms with Crippen molar-refractivity contribution in [3.8, 4) is 10.6 Å². The van der Waals surface area contributed by atoms with Crippen molar-refractivity contribution in [2.45, 2.75) is 6.92 Å². The number of carbonyl (C=O) groups is 1. The maximum absolute atomic E-state index is 12.3. The van der Waals surface area contributed by atoms with Crippen molar-refractivity contribution in [1.82, 2.24) is 4.98 Å². The summed E-state index contributed by atoms with van der Waals surface area (Å²) in [5, 5.41) is 4.28. The standard InChI is InChI=1S/C21H15ClN2OS/c1-13-6-11-19-18(12-13)24-21(26-19)14-7-9-15(10-8-14)23-20(25)16-4-2-3-5-17(16)22/h2-12H,1H3,(H,23,25). The van der Waals surface area contributed by atoms with E-state index in [1.54, 1.807) is 35.6 Å². The number of rotatable bonds is 3. The molecule has 0 unspecified atom stereocenters. The van der Waals surface area contributed by atoms with Crippen molar-refractivity contribution in [3.05, 3.63) is 82.9 Å². The van der Waals surface area contributed by atoms with E-state index in [0.717, 1.165) is 21.8 Å². The first-order valence-electron chi connectivity index (χ1n) is 8.14. The molecule has 0 bridgehead atoms. The molecule has 128 valence electrons. The third-order valence-electron chi connectivity index (χ3n) is 4.05. The van der Waals surface area contributed by atoms with Gasteiger partial charge in [0.2, 0.25) is 0 Å². The monoisotopic (exact) mass is 378 g/mol. The Morgan fingerprint density at radius 2 is 1.81 bits per heavy atom. The van der Waals surface area contributed by atoms with Crippen LogP contribution < -0.4 is 5.32 Å². The summed E-state index contributed by atoms with van der Waals surface area (Å²) >= 11 is 7.73. The number of amides is 1. The van der Waals surface area contributed by atoms with E-state index in [4.69, 9.17) is 16.6 Å². The highest BCUT2D eigenvalue weighted by molar-refractivity contribution is 7.21. The van der Waals surface area contributed by atoms with Crippen molar-refractivity contribution in [3.63, 3.8) is 0 Å². The van der Waals surface area contributed by atoms with Crippen molar-refractivity contribution in [1.29, 1.82) is 0 Å². The van der Waals surface area contributed by atoms with Crippen LogP contribution in [0.5, 0.6) is 0 Å². The van der Waals surface area contributed by atoms with E-state index < -0.39 is 0 Å². The molecule has 4 aromatic rings. The largest absolute Gasteiger partial charge is 0.322 e. The van der Waals surface area contributed by atoms with Crippen LogP contribution >= 0.6 is 22.9 Å². The zero-order chi connectivity index (χ0) is 18.1. The molecule has 0 spiro atoms. The summed E-state index contributed by atoms with van der Waals surface area (Å²) in [7, 11) is 0. The molecule has 1 N–H and O–H groups in total.